The lowest BCUT2D eigenvalue weighted by molar-refractivity contribution is 0.252. The molecule has 3 nitrogen and oxygen atoms in total. The smallest absolute Gasteiger partial charge is 0.251 e. The van der Waals surface area contributed by atoms with Crippen molar-refractivity contribution in [3.63, 3.8) is 0 Å². The van der Waals surface area contributed by atoms with E-state index >= 15 is 0 Å². The first-order valence-electron chi connectivity index (χ1n) is 7.09. The van der Waals surface area contributed by atoms with Crippen LogP contribution in [0.5, 0.6) is 5.75 Å². The molecule has 1 aromatic heterocycles. The van der Waals surface area contributed by atoms with Crippen molar-refractivity contribution in [3.05, 3.63) is 39.1 Å². The predicted octanol–water partition coefficient (Wildman–Crippen LogP) is 4.06. The molecule has 0 amide bonds. The summed E-state index contributed by atoms with van der Waals surface area (Å²) in [4.78, 5) is 14.5. The minimum Gasteiger partial charge on any atom is -0.492 e. The van der Waals surface area contributed by atoms with Gasteiger partial charge < -0.3 is 9.72 Å². The first-order valence-corrected chi connectivity index (χ1v) is 7.47. The van der Waals surface area contributed by atoms with Crippen LogP contribution in [0.25, 0.3) is 10.9 Å². The van der Waals surface area contributed by atoms with Crippen molar-refractivity contribution in [2.24, 2.45) is 5.92 Å². The quantitative estimate of drug-likeness (QED) is 0.926. The number of ether oxygens (including phenoxy) is 1. The summed E-state index contributed by atoms with van der Waals surface area (Å²) in [5.74, 6) is 1.30. The van der Waals surface area contributed by atoms with Crippen LogP contribution in [0.3, 0.4) is 0 Å². The number of hydrogen-bond donors (Lipinski definition) is 1. The van der Waals surface area contributed by atoms with Crippen molar-refractivity contribution in [2.45, 2.75) is 32.6 Å². The van der Waals surface area contributed by atoms with Gasteiger partial charge in [0.05, 0.1) is 17.1 Å². The fourth-order valence-corrected chi connectivity index (χ4v) is 3.04. The summed E-state index contributed by atoms with van der Waals surface area (Å²) in [6.45, 7) is 2.50. The van der Waals surface area contributed by atoms with Crippen LogP contribution in [0, 0.1) is 12.8 Å². The second kappa shape index (κ2) is 5.49. The zero-order valence-electron chi connectivity index (χ0n) is 11.5. The van der Waals surface area contributed by atoms with Gasteiger partial charge in [0, 0.05) is 17.0 Å². The zero-order chi connectivity index (χ0) is 14.1. The monoisotopic (exact) mass is 291 g/mol. The van der Waals surface area contributed by atoms with Gasteiger partial charge in [0.1, 0.15) is 5.75 Å². The van der Waals surface area contributed by atoms with Crippen LogP contribution in [0.2, 0.25) is 5.02 Å². The molecule has 0 aliphatic heterocycles. The first-order chi connectivity index (χ1) is 9.63. The summed E-state index contributed by atoms with van der Waals surface area (Å²) in [6.07, 6.45) is 5.07. The average Bonchev–Trinajstić information content (AvgIpc) is 2.92. The SMILES string of the molecule is Cc1cc2cc(Cl)c(OCC3CCCC3)cc2[nH]c1=O. The van der Waals surface area contributed by atoms with E-state index in [1.807, 2.05) is 18.2 Å². The molecular formula is C16H18ClNO2. The van der Waals surface area contributed by atoms with Crippen LogP contribution in [-0.4, -0.2) is 11.6 Å². The van der Waals surface area contributed by atoms with Gasteiger partial charge in [-0.15, -0.1) is 0 Å². The standard InChI is InChI=1S/C16H18ClNO2/c1-10-6-12-7-13(17)15(8-14(12)18-16(10)19)20-9-11-4-2-3-5-11/h6-8,11H,2-5,9H2,1H3,(H,18,19). The molecule has 2 aromatic rings. The van der Waals surface area contributed by atoms with Crippen LogP contribution < -0.4 is 10.3 Å². The molecule has 1 N–H and O–H groups in total. The lowest BCUT2D eigenvalue weighted by atomic mass is 10.1. The Hall–Kier alpha value is -1.48. The number of rotatable bonds is 3. The maximum absolute atomic E-state index is 11.7. The third-order valence-electron chi connectivity index (χ3n) is 4.03. The topological polar surface area (TPSA) is 42.1 Å². The number of halogens is 1. The summed E-state index contributed by atoms with van der Waals surface area (Å²) in [6, 6.07) is 5.53. The van der Waals surface area contributed by atoms with Crippen molar-refractivity contribution in [3.8, 4) is 5.75 Å². The van der Waals surface area contributed by atoms with Crippen molar-refractivity contribution in [1.82, 2.24) is 4.98 Å². The van der Waals surface area contributed by atoms with Crippen molar-refractivity contribution in [1.29, 1.82) is 0 Å². The Kier molecular flexibility index (Phi) is 3.70. The van der Waals surface area contributed by atoms with Gasteiger partial charge >= 0.3 is 0 Å². The molecule has 0 bridgehead atoms. The largest absolute Gasteiger partial charge is 0.492 e. The first kappa shape index (κ1) is 13.5. The molecule has 0 atom stereocenters. The molecule has 0 radical (unpaired) electrons. The number of fused-ring (bicyclic) bond motifs is 1. The maximum Gasteiger partial charge on any atom is 0.251 e. The van der Waals surface area contributed by atoms with Gasteiger partial charge in [0.15, 0.2) is 0 Å². The fraction of sp³-hybridized carbons (Fsp3) is 0.438. The minimum atomic E-state index is -0.0680. The molecule has 1 aliphatic carbocycles. The highest BCUT2D eigenvalue weighted by molar-refractivity contribution is 6.32. The molecule has 106 valence electrons. The van der Waals surface area contributed by atoms with E-state index in [0.29, 0.717) is 28.9 Å². The van der Waals surface area contributed by atoms with Crippen molar-refractivity contribution >= 4 is 22.5 Å². The number of aryl methyl sites for hydroxylation is 1. The van der Waals surface area contributed by atoms with E-state index in [0.717, 1.165) is 10.9 Å². The van der Waals surface area contributed by atoms with E-state index in [1.54, 1.807) is 6.92 Å². The van der Waals surface area contributed by atoms with E-state index in [2.05, 4.69) is 4.98 Å². The van der Waals surface area contributed by atoms with Gasteiger partial charge in [-0.05, 0) is 37.8 Å². The van der Waals surface area contributed by atoms with Crippen molar-refractivity contribution in [2.75, 3.05) is 6.61 Å². The van der Waals surface area contributed by atoms with Gasteiger partial charge in [-0.2, -0.15) is 0 Å². The van der Waals surface area contributed by atoms with E-state index in [-0.39, 0.29) is 5.56 Å². The highest BCUT2D eigenvalue weighted by atomic mass is 35.5. The van der Waals surface area contributed by atoms with E-state index < -0.39 is 0 Å². The molecule has 1 aliphatic rings. The van der Waals surface area contributed by atoms with Crippen LogP contribution in [0.1, 0.15) is 31.2 Å². The van der Waals surface area contributed by atoms with Gasteiger partial charge in [0.2, 0.25) is 0 Å². The van der Waals surface area contributed by atoms with Crippen LogP contribution in [0.15, 0.2) is 23.0 Å². The second-order valence-electron chi connectivity index (χ2n) is 5.61. The average molecular weight is 292 g/mol. The molecule has 0 unspecified atom stereocenters. The number of hydrogen-bond acceptors (Lipinski definition) is 2. The molecule has 0 spiro atoms. The Morgan fingerprint density at radius 1 is 1.30 bits per heavy atom. The Balaban J connectivity index is 1.88. The molecule has 3 rings (SSSR count). The lowest BCUT2D eigenvalue weighted by Gasteiger charge is -2.13. The number of benzene rings is 1. The molecule has 4 heteroatoms. The summed E-state index contributed by atoms with van der Waals surface area (Å²) in [5, 5.41) is 1.53. The molecular weight excluding hydrogens is 274 g/mol. The highest BCUT2D eigenvalue weighted by Crippen LogP contribution is 2.31. The maximum atomic E-state index is 11.7. The molecule has 1 aromatic carbocycles. The molecule has 0 saturated heterocycles. The molecule has 20 heavy (non-hydrogen) atoms. The summed E-state index contributed by atoms with van der Waals surface area (Å²) >= 11 is 6.26. The number of nitrogens with one attached hydrogen (secondary N) is 1. The fourth-order valence-electron chi connectivity index (χ4n) is 2.81. The summed E-state index contributed by atoms with van der Waals surface area (Å²) in [7, 11) is 0. The molecule has 1 saturated carbocycles. The Labute approximate surface area is 122 Å². The van der Waals surface area contributed by atoms with Gasteiger partial charge in [-0.1, -0.05) is 24.4 Å². The van der Waals surface area contributed by atoms with Gasteiger partial charge in [-0.3, -0.25) is 4.79 Å². The molecule has 1 heterocycles. The van der Waals surface area contributed by atoms with Crippen LogP contribution >= 0.6 is 11.6 Å². The van der Waals surface area contributed by atoms with E-state index in [4.69, 9.17) is 16.3 Å². The number of aromatic amines is 1. The normalized spacial score (nSPS) is 15.9. The summed E-state index contributed by atoms with van der Waals surface area (Å²) < 4.78 is 5.84. The van der Waals surface area contributed by atoms with E-state index in [1.165, 1.54) is 25.7 Å². The van der Waals surface area contributed by atoms with Gasteiger partial charge in [-0.25, -0.2) is 0 Å². The molecule has 1 fully saturated rings. The van der Waals surface area contributed by atoms with Gasteiger partial charge in [0.25, 0.3) is 5.56 Å². The number of aromatic nitrogens is 1. The predicted molar refractivity (Wildman–Crippen MR) is 81.8 cm³/mol. The third kappa shape index (κ3) is 2.68. The summed E-state index contributed by atoms with van der Waals surface area (Å²) in [5.41, 5.74) is 1.39. The minimum absolute atomic E-state index is 0.0680. The Morgan fingerprint density at radius 3 is 2.80 bits per heavy atom. The second-order valence-corrected chi connectivity index (χ2v) is 6.02. The van der Waals surface area contributed by atoms with Crippen LogP contribution in [0.4, 0.5) is 0 Å². The number of H-pyrrole nitrogens is 1. The zero-order valence-corrected chi connectivity index (χ0v) is 12.3. The van der Waals surface area contributed by atoms with E-state index in [9.17, 15) is 4.79 Å². The number of pyridine rings is 1. The van der Waals surface area contributed by atoms with Crippen molar-refractivity contribution < 1.29 is 4.74 Å². The Morgan fingerprint density at radius 2 is 2.05 bits per heavy atom. The third-order valence-corrected chi connectivity index (χ3v) is 4.33. The van der Waals surface area contributed by atoms with Crippen LogP contribution in [-0.2, 0) is 0 Å². The highest BCUT2D eigenvalue weighted by Gasteiger charge is 2.16. The lowest BCUT2D eigenvalue weighted by Crippen LogP contribution is -2.10. The Bertz CT molecular complexity index is 687.